The van der Waals surface area contributed by atoms with Crippen molar-refractivity contribution in [3.05, 3.63) is 77.4 Å². The monoisotopic (exact) mass is 364 g/mol. The van der Waals surface area contributed by atoms with Gasteiger partial charge in [-0.2, -0.15) is 0 Å². The van der Waals surface area contributed by atoms with Crippen molar-refractivity contribution in [2.24, 2.45) is 0 Å². The number of Topliss-reactive ketones (excluding diaryl/α,β-unsaturated/α-hetero) is 1. The molecule has 0 aliphatic carbocycles. The number of nitrogens with one attached hydrogen (secondary N) is 2. The van der Waals surface area contributed by atoms with E-state index in [0.717, 1.165) is 0 Å². The lowest BCUT2D eigenvalue weighted by Gasteiger charge is -2.09. The third kappa shape index (κ3) is 4.72. The summed E-state index contributed by atoms with van der Waals surface area (Å²) in [5.41, 5.74) is 2.33. The number of nitrogens with zero attached hydrogens (tertiary/aromatic N) is 2. The highest BCUT2D eigenvalue weighted by molar-refractivity contribution is 6.03. The Morgan fingerprint density at radius 1 is 0.963 bits per heavy atom. The van der Waals surface area contributed by atoms with Gasteiger partial charge in [0.25, 0.3) is 5.91 Å². The van der Waals surface area contributed by atoms with Crippen LogP contribution in [0.15, 0.2) is 54.6 Å². The summed E-state index contributed by atoms with van der Waals surface area (Å²) in [7, 11) is 0. The number of amides is 1. The molecule has 0 fully saturated rings. The average Bonchev–Trinajstić information content (AvgIpc) is 2.61. The van der Waals surface area contributed by atoms with Gasteiger partial charge in [0.2, 0.25) is 5.95 Å². The summed E-state index contributed by atoms with van der Waals surface area (Å²) in [5.74, 6) is -0.664. The van der Waals surface area contributed by atoms with E-state index in [0.29, 0.717) is 22.6 Å². The molecule has 0 unspecified atom stereocenters. The highest BCUT2D eigenvalue weighted by Gasteiger charge is 2.12. The van der Waals surface area contributed by atoms with Gasteiger partial charge in [0, 0.05) is 22.6 Å². The number of hydrogen-bond acceptors (Lipinski definition) is 5. The fourth-order valence-corrected chi connectivity index (χ4v) is 2.42. The van der Waals surface area contributed by atoms with Crippen LogP contribution in [0.3, 0.4) is 0 Å². The molecule has 0 aliphatic heterocycles. The molecule has 3 rings (SSSR count). The molecular weight excluding hydrogens is 347 g/mol. The Morgan fingerprint density at radius 2 is 1.70 bits per heavy atom. The minimum atomic E-state index is -0.418. The van der Waals surface area contributed by atoms with Gasteiger partial charge in [0.05, 0.1) is 0 Å². The first-order chi connectivity index (χ1) is 12.9. The molecular formula is C20H17FN4O2. The van der Waals surface area contributed by atoms with E-state index in [2.05, 4.69) is 20.6 Å². The summed E-state index contributed by atoms with van der Waals surface area (Å²) < 4.78 is 13.3. The minimum Gasteiger partial charge on any atom is -0.324 e. The molecule has 27 heavy (non-hydrogen) atoms. The Bertz CT molecular complexity index is 1000. The zero-order valence-corrected chi connectivity index (χ0v) is 14.8. The summed E-state index contributed by atoms with van der Waals surface area (Å²) in [6.45, 7) is 3.21. The van der Waals surface area contributed by atoms with Crippen molar-refractivity contribution in [1.29, 1.82) is 0 Å². The Balaban J connectivity index is 1.78. The smallest absolute Gasteiger partial charge is 0.274 e. The highest BCUT2D eigenvalue weighted by Crippen LogP contribution is 2.16. The summed E-state index contributed by atoms with van der Waals surface area (Å²) in [4.78, 5) is 32.2. The van der Waals surface area contributed by atoms with Crippen LogP contribution >= 0.6 is 0 Å². The third-order valence-corrected chi connectivity index (χ3v) is 3.72. The van der Waals surface area contributed by atoms with Crippen molar-refractivity contribution in [2.45, 2.75) is 13.8 Å². The van der Waals surface area contributed by atoms with Crippen LogP contribution in [0.25, 0.3) is 0 Å². The number of carbonyl (C=O) groups excluding carboxylic acids is 2. The van der Waals surface area contributed by atoms with E-state index in [1.165, 1.54) is 19.1 Å². The molecule has 1 aromatic heterocycles. The molecule has 2 aromatic carbocycles. The lowest BCUT2D eigenvalue weighted by molar-refractivity contribution is 0.101. The van der Waals surface area contributed by atoms with E-state index in [9.17, 15) is 14.0 Å². The molecule has 3 aromatic rings. The third-order valence-electron chi connectivity index (χ3n) is 3.72. The maximum Gasteiger partial charge on any atom is 0.274 e. The molecule has 0 saturated carbocycles. The fraction of sp³-hybridized carbons (Fsp3) is 0.100. The predicted molar refractivity (Wildman–Crippen MR) is 101 cm³/mol. The molecule has 6 nitrogen and oxygen atoms in total. The Hall–Kier alpha value is -3.61. The van der Waals surface area contributed by atoms with Gasteiger partial charge in [-0.3, -0.25) is 9.59 Å². The Morgan fingerprint density at radius 3 is 2.37 bits per heavy atom. The number of halogens is 1. The zero-order valence-electron chi connectivity index (χ0n) is 14.8. The first-order valence-electron chi connectivity index (χ1n) is 8.21. The predicted octanol–water partition coefficient (Wildman–Crippen LogP) is 4.12. The van der Waals surface area contributed by atoms with Crippen LogP contribution in [-0.4, -0.2) is 21.7 Å². The molecule has 1 amide bonds. The van der Waals surface area contributed by atoms with Crippen LogP contribution < -0.4 is 10.6 Å². The number of aromatic nitrogens is 2. The van der Waals surface area contributed by atoms with Crippen molar-refractivity contribution in [3.8, 4) is 0 Å². The fourth-order valence-electron chi connectivity index (χ4n) is 2.42. The normalized spacial score (nSPS) is 10.3. The zero-order chi connectivity index (χ0) is 19.4. The van der Waals surface area contributed by atoms with E-state index < -0.39 is 5.91 Å². The maximum absolute atomic E-state index is 13.3. The number of rotatable bonds is 5. The van der Waals surface area contributed by atoms with E-state index in [4.69, 9.17) is 0 Å². The Kier molecular flexibility index (Phi) is 5.21. The van der Waals surface area contributed by atoms with E-state index in [1.807, 2.05) is 0 Å². The minimum absolute atomic E-state index is 0.0487. The summed E-state index contributed by atoms with van der Waals surface area (Å²) in [6, 6.07) is 14.0. The molecule has 0 saturated heterocycles. The molecule has 1 heterocycles. The largest absolute Gasteiger partial charge is 0.324 e. The molecule has 0 atom stereocenters. The molecule has 0 spiro atoms. The first-order valence-corrected chi connectivity index (χ1v) is 8.21. The van der Waals surface area contributed by atoms with E-state index in [1.54, 1.807) is 49.4 Å². The van der Waals surface area contributed by atoms with Crippen LogP contribution in [0, 0.1) is 12.7 Å². The number of benzene rings is 2. The van der Waals surface area contributed by atoms with Gasteiger partial charge in [-0.25, -0.2) is 14.4 Å². The number of anilines is 3. The second kappa shape index (κ2) is 7.74. The topological polar surface area (TPSA) is 84.0 Å². The second-order valence-corrected chi connectivity index (χ2v) is 5.94. The van der Waals surface area contributed by atoms with Gasteiger partial charge in [0.1, 0.15) is 11.5 Å². The van der Waals surface area contributed by atoms with Gasteiger partial charge in [-0.15, -0.1) is 0 Å². The second-order valence-electron chi connectivity index (χ2n) is 5.94. The van der Waals surface area contributed by atoms with Crippen molar-refractivity contribution >= 4 is 29.0 Å². The highest BCUT2D eigenvalue weighted by atomic mass is 19.1. The van der Waals surface area contributed by atoms with E-state index >= 15 is 0 Å². The number of carbonyl (C=O) groups is 2. The molecule has 136 valence electrons. The average molecular weight is 364 g/mol. The molecule has 2 N–H and O–H groups in total. The van der Waals surface area contributed by atoms with Crippen LogP contribution in [0.2, 0.25) is 0 Å². The lowest BCUT2D eigenvalue weighted by atomic mass is 10.1. The number of ketones is 1. The van der Waals surface area contributed by atoms with Crippen molar-refractivity contribution in [2.75, 3.05) is 10.6 Å². The van der Waals surface area contributed by atoms with E-state index in [-0.39, 0.29) is 23.2 Å². The van der Waals surface area contributed by atoms with Crippen LogP contribution in [-0.2, 0) is 0 Å². The maximum atomic E-state index is 13.3. The van der Waals surface area contributed by atoms with Crippen LogP contribution in [0.5, 0.6) is 0 Å². The Labute approximate surface area is 155 Å². The SMILES string of the molecule is CC(=O)c1ccc(NC(=O)c2cc(C)nc(Nc3cccc(F)c3)n2)cc1. The summed E-state index contributed by atoms with van der Waals surface area (Å²) in [5, 5.41) is 5.61. The molecule has 7 heteroatoms. The van der Waals surface area contributed by atoms with Gasteiger partial charge in [-0.1, -0.05) is 6.07 Å². The molecule has 0 radical (unpaired) electrons. The first kappa shape index (κ1) is 18.2. The van der Waals surface area contributed by atoms with Crippen molar-refractivity contribution < 1.29 is 14.0 Å². The summed E-state index contributed by atoms with van der Waals surface area (Å²) in [6.07, 6.45) is 0. The standard InChI is InChI=1S/C20H17FN4O2/c1-12-10-18(19(27)23-16-8-6-14(7-9-16)13(2)26)25-20(22-12)24-17-5-3-4-15(21)11-17/h3-11H,1-2H3,(H,23,27)(H,22,24,25). The van der Waals surface area contributed by atoms with Crippen molar-refractivity contribution in [3.63, 3.8) is 0 Å². The van der Waals surface area contributed by atoms with Gasteiger partial charge < -0.3 is 10.6 Å². The molecule has 0 bridgehead atoms. The number of hydrogen-bond donors (Lipinski definition) is 2. The van der Waals surface area contributed by atoms with Gasteiger partial charge in [-0.05, 0) is 62.4 Å². The molecule has 0 aliphatic rings. The summed E-state index contributed by atoms with van der Waals surface area (Å²) >= 11 is 0. The van der Waals surface area contributed by atoms with Gasteiger partial charge >= 0.3 is 0 Å². The lowest BCUT2D eigenvalue weighted by Crippen LogP contribution is -2.15. The van der Waals surface area contributed by atoms with Crippen molar-refractivity contribution in [1.82, 2.24) is 9.97 Å². The quantitative estimate of drug-likeness (QED) is 0.665. The number of aryl methyl sites for hydroxylation is 1. The van der Waals surface area contributed by atoms with Gasteiger partial charge in [0.15, 0.2) is 5.78 Å². The van der Waals surface area contributed by atoms with Crippen LogP contribution in [0.1, 0.15) is 33.5 Å². The van der Waals surface area contributed by atoms with Crippen LogP contribution in [0.4, 0.5) is 21.7 Å².